The van der Waals surface area contributed by atoms with Crippen LogP contribution in [0.2, 0.25) is 5.02 Å². The molecule has 0 aliphatic carbocycles. The van der Waals surface area contributed by atoms with E-state index in [1.165, 1.54) is 0 Å². The second kappa shape index (κ2) is 6.42. The van der Waals surface area contributed by atoms with E-state index in [2.05, 4.69) is 4.99 Å². The summed E-state index contributed by atoms with van der Waals surface area (Å²) in [4.78, 5) is 6.06. The maximum Gasteiger partial charge on any atom is 0.192 e. The third-order valence-electron chi connectivity index (χ3n) is 2.70. The Hall–Kier alpha value is -0.530. The fourth-order valence-corrected chi connectivity index (χ4v) is 2.18. The largest absolute Gasteiger partial charge is 0.395 e. The second-order valence-corrected chi connectivity index (χ2v) is 4.06. The Labute approximate surface area is 122 Å². The SMILES string of the molecule is I.NC1=NCC(c2ccccc2Cl)N1CCO. The summed E-state index contributed by atoms with van der Waals surface area (Å²) >= 11 is 6.14. The number of guanidine groups is 1. The molecule has 0 aromatic heterocycles. The molecule has 1 aromatic rings. The minimum Gasteiger partial charge on any atom is -0.395 e. The fraction of sp³-hybridized carbons (Fsp3) is 0.364. The van der Waals surface area contributed by atoms with E-state index in [9.17, 15) is 0 Å². The zero-order valence-electron chi connectivity index (χ0n) is 9.21. The number of nitrogens with zero attached hydrogens (tertiary/aromatic N) is 2. The van der Waals surface area contributed by atoms with E-state index in [1.807, 2.05) is 29.2 Å². The number of hydrogen-bond acceptors (Lipinski definition) is 4. The Kier molecular flexibility index (Phi) is 5.48. The van der Waals surface area contributed by atoms with E-state index in [0.717, 1.165) is 5.56 Å². The number of aliphatic hydroxyl groups is 1. The molecule has 0 fully saturated rings. The van der Waals surface area contributed by atoms with Crippen LogP contribution >= 0.6 is 35.6 Å². The van der Waals surface area contributed by atoms with Gasteiger partial charge in [0.05, 0.1) is 19.2 Å². The van der Waals surface area contributed by atoms with Crippen LogP contribution in [0, 0.1) is 0 Å². The van der Waals surface area contributed by atoms with Crippen molar-refractivity contribution in [1.82, 2.24) is 4.90 Å². The molecule has 0 saturated heterocycles. The molecule has 1 heterocycles. The van der Waals surface area contributed by atoms with Crippen molar-refractivity contribution < 1.29 is 5.11 Å². The summed E-state index contributed by atoms with van der Waals surface area (Å²) < 4.78 is 0. The van der Waals surface area contributed by atoms with Gasteiger partial charge in [-0.25, -0.2) is 0 Å². The van der Waals surface area contributed by atoms with Crippen LogP contribution in [0.1, 0.15) is 11.6 Å². The van der Waals surface area contributed by atoms with Crippen LogP contribution in [0.25, 0.3) is 0 Å². The van der Waals surface area contributed by atoms with E-state index in [-0.39, 0.29) is 36.6 Å². The number of aliphatic hydroxyl groups excluding tert-OH is 1. The monoisotopic (exact) mass is 367 g/mol. The number of aliphatic imine (C=N–C) groups is 1. The normalized spacial score (nSPS) is 18.8. The van der Waals surface area contributed by atoms with Crippen LogP contribution in [0.15, 0.2) is 29.3 Å². The quantitative estimate of drug-likeness (QED) is 0.798. The average Bonchev–Trinajstić information content (AvgIpc) is 2.62. The summed E-state index contributed by atoms with van der Waals surface area (Å²) in [5.41, 5.74) is 6.77. The molecule has 1 atom stereocenters. The molecule has 2 rings (SSSR count). The van der Waals surface area contributed by atoms with Gasteiger partial charge in [0.1, 0.15) is 0 Å². The molecule has 3 N–H and O–H groups in total. The van der Waals surface area contributed by atoms with Gasteiger partial charge in [-0.2, -0.15) is 0 Å². The molecule has 0 radical (unpaired) electrons. The summed E-state index contributed by atoms with van der Waals surface area (Å²) in [5.74, 6) is 0.471. The Balaban J connectivity index is 0.00000144. The van der Waals surface area contributed by atoms with Gasteiger partial charge in [-0.1, -0.05) is 29.8 Å². The molecule has 6 heteroatoms. The van der Waals surface area contributed by atoms with Crippen LogP contribution in [0.5, 0.6) is 0 Å². The number of benzene rings is 1. The molecule has 0 spiro atoms. The summed E-state index contributed by atoms with van der Waals surface area (Å²) in [5, 5.41) is 9.70. The molecule has 4 nitrogen and oxygen atoms in total. The summed E-state index contributed by atoms with van der Waals surface area (Å²) in [6.45, 7) is 1.12. The van der Waals surface area contributed by atoms with Crippen molar-refractivity contribution in [1.29, 1.82) is 0 Å². The molecule has 1 unspecified atom stereocenters. The molecular weight excluding hydrogens is 352 g/mol. The molecule has 0 saturated carbocycles. The van der Waals surface area contributed by atoms with Gasteiger partial charge in [-0.15, -0.1) is 24.0 Å². The maximum absolute atomic E-state index is 8.99. The zero-order chi connectivity index (χ0) is 11.5. The molecule has 0 amide bonds. The molecule has 1 aliphatic heterocycles. The van der Waals surface area contributed by atoms with E-state index in [1.54, 1.807) is 0 Å². The standard InChI is InChI=1S/C11H14ClN3O.HI/c12-9-4-2-1-3-8(9)10-7-14-11(13)15(10)5-6-16;/h1-4,10,16H,5-7H2,(H2,13,14);1H. The van der Waals surface area contributed by atoms with Crippen molar-refractivity contribution in [2.75, 3.05) is 19.7 Å². The first-order valence-electron chi connectivity index (χ1n) is 5.16. The van der Waals surface area contributed by atoms with E-state index in [0.29, 0.717) is 24.1 Å². The van der Waals surface area contributed by atoms with Gasteiger partial charge < -0.3 is 15.7 Å². The van der Waals surface area contributed by atoms with E-state index < -0.39 is 0 Å². The minimum absolute atomic E-state index is 0. The van der Waals surface area contributed by atoms with Crippen LogP contribution in [0.3, 0.4) is 0 Å². The lowest BCUT2D eigenvalue weighted by atomic mass is 10.1. The Morgan fingerprint density at radius 3 is 2.82 bits per heavy atom. The average molecular weight is 368 g/mol. The minimum atomic E-state index is 0. The molecule has 1 aliphatic rings. The number of halogens is 2. The first-order chi connectivity index (χ1) is 7.74. The van der Waals surface area contributed by atoms with Crippen molar-refractivity contribution in [2.24, 2.45) is 10.7 Å². The highest BCUT2D eigenvalue weighted by Gasteiger charge is 2.28. The highest BCUT2D eigenvalue weighted by molar-refractivity contribution is 14.0. The van der Waals surface area contributed by atoms with Crippen molar-refractivity contribution >= 4 is 41.5 Å². The lowest BCUT2D eigenvalue weighted by molar-refractivity contribution is 0.230. The van der Waals surface area contributed by atoms with Gasteiger partial charge in [0, 0.05) is 11.6 Å². The summed E-state index contributed by atoms with van der Waals surface area (Å²) in [7, 11) is 0. The summed E-state index contributed by atoms with van der Waals surface area (Å²) in [6.07, 6.45) is 0. The Morgan fingerprint density at radius 2 is 2.18 bits per heavy atom. The Bertz CT molecular complexity index is 413. The van der Waals surface area contributed by atoms with Gasteiger partial charge in [-0.3, -0.25) is 4.99 Å². The Morgan fingerprint density at radius 1 is 1.47 bits per heavy atom. The van der Waals surface area contributed by atoms with Crippen LogP contribution < -0.4 is 5.73 Å². The zero-order valence-corrected chi connectivity index (χ0v) is 12.3. The highest BCUT2D eigenvalue weighted by atomic mass is 127. The molecule has 0 bridgehead atoms. The summed E-state index contributed by atoms with van der Waals surface area (Å²) in [6, 6.07) is 7.68. The van der Waals surface area contributed by atoms with Crippen LogP contribution in [-0.2, 0) is 0 Å². The highest BCUT2D eigenvalue weighted by Crippen LogP contribution is 2.30. The molecule has 1 aromatic carbocycles. The van der Waals surface area contributed by atoms with E-state index >= 15 is 0 Å². The third-order valence-corrected chi connectivity index (χ3v) is 3.05. The van der Waals surface area contributed by atoms with Crippen molar-refractivity contribution in [2.45, 2.75) is 6.04 Å². The number of hydrogen-bond donors (Lipinski definition) is 2. The second-order valence-electron chi connectivity index (χ2n) is 3.65. The number of nitrogens with two attached hydrogens (primary N) is 1. The van der Waals surface area contributed by atoms with Crippen molar-refractivity contribution in [3.8, 4) is 0 Å². The van der Waals surface area contributed by atoms with Gasteiger partial charge in [0.15, 0.2) is 5.96 Å². The number of rotatable bonds is 3. The number of β-amino-alcohol motifs (C(OH)–C–C–N with tert-alkyl or cyclic N) is 1. The predicted molar refractivity (Wildman–Crippen MR) is 79.9 cm³/mol. The van der Waals surface area contributed by atoms with Crippen molar-refractivity contribution in [3.63, 3.8) is 0 Å². The van der Waals surface area contributed by atoms with Crippen molar-refractivity contribution in [3.05, 3.63) is 34.9 Å². The molecule has 17 heavy (non-hydrogen) atoms. The smallest absolute Gasteiger partial charge is 0.192 e. The molecule has 94 valence electrons. The van der Waals surface area contributed by atoms with Gasteiger partial charge in [0.25, 0.3) is 0 Å². The third kappa shape index (κ3) is 3.02. The van der Waals surface area contributed by atoms with Gasteiger partial charge in [-0.05, 0) is 11.6 Å². The lowest BCUT2D eigenvalue weighted by Crippen LogP contribution is -2.38. The maximum atomic E-state index is 8.99. The first-order valence-corrected chi connectivity index (χ1v) is 5.53. The van der Waals surface area contributed by atoms with Gasteiger partial charge >= 0.3 is 0 Å². The van der Waals surface area contributed by atoms with Crippen LogP contribution in [0.4, 0.5) is 0 Å². The van der Waals surface area contributed by atoms with Crippen LogP contribution in [-0.4, -0.2) is 35.7 Å². The van der Waals surface area contributed by atoms with Gasteiger partial charge in [0.2, 0.25) is 0 Å². The topological polar surface area (TPSA) is 61.8 Å². The predicted octanol–water partition coefficient (Wildman–Crippen LogP) is 1.62. The first kappa shape index (κ1) is 14.5. The lowest BCUT2D eigenvalue weighted by Gasteiger charge is -2.26. The molecular formula is C11H15ClIN3O. The fourth-order valence-electron chi connectivity index (χ4n) is 1.92. The van der Waals surface area contributed by atoms with E-state index in [4.69, 9.17) is 22.4 Å².